The summed E-state index contributed by atoms with van der Waals surface area (Å²) >= 11 is 1.48. The Morgan fingerprint density at radius 1 is 1.10 bits per heavy atom. The highest BCUT2D eigenvalue weighted by Crippen LogP contribution is 2.33. The maximum atomic E-state index is 13.6. The number of thiophene rings is 1. The Labute approximate surface area is 121 Å². The van der Waals surface area contributed by atoms with Gasteiger partial charge in [-0.2, -0.15) is 0 Å². The molecule has 1 unspecified atom stereocenters. The van der Waals surface area contributed by atoms with E-state index in [4.69, 9.17) is 0 Å². The number of halogens is 2. The SMILES string of the molecule is CC(C)(C)c1ccc(C(O)Cc2c(F)cccc2F)s1. The summed E-state index contributed by atoms with van der Waals surface area (Å²) < 4.78 is 27.1. The summed E-state index contributed by atoms with van der Waals surface area (Å²) in [5.41, 5.74) is -0.0583. The minimum atomic E-state index is -0.887. The third-order valence-electron chi connectivity index (χ3n) is 3.15. The molecule has 0 saturated heterocycles. The van der Waals surface area contributed by atoms with Gasteiger partial charge in [-0.1, -0.05) is 26.8 Å². The Morgan fingerprint density at radius 3 is 2.20 bits per heavy atom. The average Bonchev–Trinajstić information content (AvgIpc) is 2.83. The molecular formula is C16H18F2OS. The molecule has 0 aliphatic carbocycles. The van der Waals surface area contributed by atoms with Crippen LogP contribution in [0.15, 0.2) is 30.3 Å². The van der Waals surface area contributed by atoms with Crippen LogP contribution in [0.4, 0.5) is 8.78 Å². The van der Waals surface area contributed by atoms with Crippen LogP contribution in [-0.2, 0) is 11.8 Å². The second-order valence-corrected chi connectivity index (χ2v) is 6.99. The van der Waals surface area contributed by atoms with Gasteiger partial charge in [-0.05, 0) is 29.7 Å². The Hall–Kier alpha value is -1.26. The zero-order valence-electron chi connectivity index (χ0n) is 11.8. The predicted molar refractivity (Wildman–Crippen MR) is 78.0 cm³/mol. The van der Waals surface area contributed by atoms with Crippen LogP contribution in [0, 0.1) is 11.6 Å². The number of aliphatic hydroxyl groups is 1. The monoisotopic (exact) mass is 296 g/mol. The summed E-state index contributed by atoms with van der Waals surface area (Å²) in [4.78, 5) is 1.87. The molecule has 2 aromatic rings. The van der Waals surface area contributed by atoms with Crippen LogP contribution in [0.3, 0.4) is 0 Å². The third kappa shape index (κ3) is 3.25. The van der Waals surface area contributed by atoms with E-state index >= 15 is 0 Å². The molecule has 1 N–H and O–H groups in total. The second-order valence-electron chi connectivity index (χ2n) is 5.87. The average molecular weight is 296 g/mol. The first-order valence-electron chi connectivity index (χ1n) is 6.50. The first-order chi connectivity index (χ1) is 9.29. The van der Waals surface area contributed by atoms with Crippen molar-refractivity contribution in [1.82, 2.24) is 0 Å². The van der Waals surface area contributed by atoms with Crippen molar-refractivity contribution < 1.29 is 13.9 Å². The highest BCUT2D eigenvalue weighted by molar-refractivity contribution is 7.12. The van der Waals surface area contributed by atoms with E-state index in [-0.39, 0.29) is 17.4 Å². The van der Waals surface area contributed by atoms with E-state index in [1.165, 1.54) is 29.5 Å². The normalized spacial score (nSPS) is 13.5. The molecule has 0 aliphatic heterocycles. The molecule has 0 fully saturated rings. The van der Waals surface area contributed by atoms with Crippen LogP contribution in [0.25, 0.3) is 0 Å². The molecule has 0 saturated carbocycles. The minimum absolute atomic E-state index is 0.00584. The standard InChI is InChI=1S/C16H18F2OS/c1-16(2,3)15-8-7-14(20-15)13(19)9-10-11(17)5-4-6-12(10)18/h4-8,13,19H,9H2,1-3H3. The van der Waals surface area contributed by atoms with Crippen molar-refractivity contribution >= 4 is 11.3 Å². The smallest absolute Gasteiger partial charge is 0.129 e. The highest BCUT2D eigenvalue weighted by Gasteiger charge is 2.20. The Bertz CT molecular complexity index is 579. The van der Waals surface area contributed by atoms with Gasteiger partial charge in [0, 0.05) is 21.7 Å². The summed E-state index contributed by atoms with van der Waals surface area (Å²) in [6, 6.07) is 7.53. The van der Waals surface area contributed by atoms with Crippen LogP contribution in [0.1, 0.15) is 42.2 Å². The van der Waals surface area contributed by atoms with E-state index in [2.05, 4.69) is 20.8 Å². The van der Waals surface area contributed by atoms with Crippen molar-refractivity contribution in [2.45, 2.75) is 38.7 Å². The van der Waals surface area contributed by atoms with Gasteiger partial charge in [-0.3, -0.25) is 0 Å². The van der Waals surface area contributed by atoms with Gasteiger partial charge >= 0.3 is 0 Å². The number of hydrogen-bond donors (Lipinski definition) is 1. The fourth-order valence-corrected chi connectivity index (χ4v) is 3.01. The molecule has 108 valence electrons. The zero-order valence-corrected chi connectivity index (χ0v) is 12.6. The van der Waals surface area contributed by atoms with Crippen molar-refractivity contribution in [3.63, 3.8) is 0 Å². The van der Waals surface area contributed by atoms with Crippen molar-refractivity contribution in [2.75, 3.05) is 0 Å². The van der Waals surface area contributed by atoms with Crippen LogP contribution < -0.4 is 0 Å². The van der Waals surface area contributed by atoms with Gasteiger partial charge < -0.3 is 5.11 Å². The fourth-order valence-electron chi connectivity index (χ4n) is 1.96. The van der Waals surface area contributed by atoms with Gasteiger partial charge in [0.1, 0.15) is 11.6 Å². The molecule has 1 atom stereocenters. The van der Waals surface area contributed by atoms with Gasteiger partial charge in [-0.15, -0.1) is 11.3 Å². The van der Waals surface area contributed by atoms with Crippen LogP contribution in [0.2, 0.25) is 0 Å². The summed E-state index contributed by atoms with van der Waals surface area (Å²) in [7, 11) is 0. The molecule has 0 radical (unpaired) electrons. The topological polar surface area (TPSA) is 20.2 Å². The van der Waals surface area contributed by atoms with E-state index < -0.39 is 17.7 Å². The van der Waals surface area contributed by atoms with Crippen LogP contribution in [0.5, 0.6) is 0 Å². The lowest BCUT2D eigenvalue weighted by Gasteiger charge is -2.16. The van der Waals surface area contributed by atoms with E-state index in [1.54, 1.807) is 0 Å². The maximum absolute atomic E-state index is 13.6. The number of benzene rings is 1. The molecule has 1 nitrogen and oxygen atoms in total. The van der Waals surface area contributed by atoms with Crippen LogP contribution >= 0.6 is 11.3 Å². The molecule has 1 heterocycles. The molecular weight excluding hydrogens is 278 g/mol. The predicted octanol–water partition coefficient (Wildman–Crippen LogP) is 4.60. The first-order valence-corrected chi connectivity index (χ1v) is 7.32. The first kappa shape index (κ1) is 15.1. The quantitative estimate of drug-likeness (QED) is 0.877. The molecule has 20 heavy (non-hydrogen) atoms. The molecule has 0 amide bonds. The van der Waals surface area contributed by atoms with E-state index in [9.17, 15) is 13.9 Å². The lowest BCUT2D eigenvalue weighted by molar-refractivity contribution is 0.179. The Balaban J connectivity index is 2.20. The largest absolute Gasteiger partial charge is 0.387 e. The summed E-state index contributed by atoms with van der Waals surface area (Å²) in [6.07, 6.45) is -0.940. The number of rotatable bonds is 3. The van der Waals surface area contributed by atoms with E-state index in [1.807, 2.05) is 12.1 Å². The van der Waals surface area contributed by atoms with Gasteiger partial charge in [0.25, 0.3) is 0 Å². The lowest BCUT2D eigenvalue weighted by atomic mass is 9.95. The summed E-state index contributed by atoms with van der Waals surface area (Å²) in [6.45, 7) is 6.27. The Morgan fingerprint density at radius 2 is 1.70 bits per heavy atom. The molecule has 4 heteroatoms. The second kappa shape index (κ2) is 5.62. The van der Waals surface area contributed by atoms with Crippen molar-refractivity contribution in [3.8, 4) is 0 Å². The third-order valence-corrected chi connectivity index (χ3v) is 4.77. The van der Waals surface area contributed by atoms with E-state index in [0.717, 1.165) is 9.75 Å². The van der Waals surface area contributed by atoms with Crippen molar-refractivity contribution in [3.05, 3.63) is 57.3 Å². The molecule has 1 aromatic heterocycles. The molecule has 0 bridgehead atoms. The fraction of sp³-hybridized carbons (Fsp3) is 0.375. The number of aliphatic hydroxyl groups excluding tert-OH is 1. The molecule has 0 spiro atoms. The van der Waals surface area contributed by atoms with Gasteiger partial charge in [0.05, 0.1) is 6.10 Å². The molecule has 0 aliphatic rings. The highest BCUT2D eigenvalue weighted by atomic mass is 32.1. The van der Waals surface area contributed by atoms with Crippen molar-refractivity contribution in [2.24, 2.45) is 0 Å². The summed E-state index contributed by atoms with van der Waals surface area (Å²) in [5.74, 6) is -1.23. The van der Waals surface area contributed by atoms with Gasteiger partial charge in [0.15, 0.2) is 0 Å². The molecule has 1 aromatic carbocycles. The van der Waals surface area contributed by atoms with E-state index in [0.29, 0.717) is 0 Å². The van der Waals surface area contributed by atoms with Gasteiger partial charge in [0.2, 0.25) is 0 Å². The Kier molecular flexibility index (Phi) is 4.25. The lowest BCUT2D eigenvalue weighted by Crippen LogP contribution is -2.08. The zero-order chi connectivity index (χ0) is 14.9. The maximum Gasteiger partial charge on any atom is 0.129 e. The van der Waals surface area contributed by atoms with Gasteiger partial charge in [-0.25, -0.2) is 8.78 Å². The minimum Gasteiger partial charge on any atom is -0.387 e. The van der Waals surface area contributed by atoms with Crippen molar-refractivity contribution in [1.29, 1.82) is 0 Å². The molecule has 2 rings (SSSR count). The number of hydrogen-bond acceptors (Lipinski definition) is 2. The summed E-state index contributed by atoms with van der Waals surface area (Å²) in [5, 5.41) is 10.2. The van der Waals surface area contributed by atoms with Crippen LogP contribution in [-0.4, -0.2) is 5.11 Å².